The van der Waals surface area contributed by atoms with E-state index in [2.05, 4.69) is 5.32 Å². The summed E-state index contributed by atoms with van der Waals surface area (Å²) < 4.78 is 5.14. The standard InChI is InChI=1S/C14H18ClNO4/c1-20-13-3-2-9(15)5-11(13)14(19)16-10-4-8(7-17)12(18)6-10/h2-3,5,8,10,12,17-18H,4,6-7H2,1H3,(H,16,19). The maximum atomic E-state index is 12.2. The lowest BCUT2D eigenvalue weighted by molar-refractivity contribution is 0.0903. The summed E-state index contributed by atoms with van der Waals surface area (Å²) in [6, 6.07) is 4.68. The zero-order valence-corrected chi connectivity index (χ0v) is 11.9. The maximum absolute atomic E-state index is 12.2. The van der Waals surface area contributed by atoms with Gasteiger partial charge in [-0.1, -0.05) is 11.6 Å². The number of aliphatic hydroxyl groups excluding tert-OH is 2. The molecule has 3 atom stereocenters. The summed E-state index contributed by atoms with van der Waals surface area (Å²) in [5, 5.41) is 22.1. The van der Waals surface area contributed by atoms with Gasteiger partial charge in [0, 0.05) is 23.6 Å². The number of carbonyl (C=O) groups excluding carboxylic acids is 1. The largest absolute Gasteiger partial charge is 0.496 e. The second kappa shape index (κ2) is 6.43. The minimum Gasteiger partial charge on any atom is -0.496 e. The lowest BCUT2D eigenvalue weighted by Gasteiger charge is -2.14. The molecule has 0 saturated heterocycles. The molecule has 20 heavy (non-hydrogen) atoms. The van der Waals surface area contributed by atoms with E-state index in [0.717, 1.165) is 0 Å². The van der Waals surface area contributed by atoms with Crippen molar-refractivity contribution in [3.05, 3.63) is 28.8 Å². The molecule has 110 valence electrons. The zero-order valence-electron chi connectivity index (χ0n) is 11.2. The van der Waals surface area contributed by atoms with Gasteiger partial charge >= 0.3 is 0 Å². The SMILES string of the molecule is COc1ccc(Cl)cc1C(=O)NC1CC(O)C(CO)C1. The average Bonchev–Trinajstić information content (AvgIpc) is 2.78. The van der Waals surface area contributed by atoms with Gasteiger partial charge in [-0.05, 0) is 31.0 Å². The van der Waals surface area contributed by atoms with Crippen molar-refractivity contribution in [2.45, 2.75) is 25.0 Å². The Balaban J connectivity index is 2.07. The number of aliphatic hydroxyl groups is 2. The summed E-state index contributed by atoms with van der Waals surface area (Å²) in [4.78, 5) is 12.2. The molecule has 3 unspecified atom stereocenters. The van der Waals surface area contributed by atoms with Crippen molar-refractivity contribution in [2.24, 2.45) is 5.92 Å². The monoisotopic (exact) mass is 299 g/mol. The molecule has 0 radical (unpaired) electrons. The summed E-state index contributed by atoms with van der Waals surface area (Å²) in [7, 11) is 1.49. The highest BCUT2D eigenvalue weighted by molar-refractivity contribution is 6.31. The first-order valence-electron chi connectivity index (χ1n) is 6.48. The highest BCUT2D eigenvalue weighted by atomic mass is 35.5. The Morgan fingerprint density at radius 3 is 2.85 bits per heavy atom. The molecule has 1 aliphatic carbocycles. The van der Waals surface area contributed by atoms with Crippen LogP contribution in [0.25, 0.3) is 0 Å². The minimum absolute atomic E-state index is 0.0754. The van der Waals surface area contributed by atoms with E-state index in [9.17, 15) is 9.90 Å². The number of carbonyl (C=O) groups is 1. The molecular weight excluding hydrogens is 282 g/mol. The van der Waals surface area contributed by atoms with Crippen LogP contribution in [0.2, 0.25) is 5.02 Å². The number of amides is 1. The van der Waals surface area contributed by atoms with Crippen LogP contribution in [0.15, 0.2) is 18.2 Å². The van der Waals surface area contributed by atoms with Gasteiger partial charge in [-0.3, -0.25) is 4.79 Å². The fourth-order valence-corrected chi connectivity index (χ4v) is 2.71. The van der Waals surface area contributed by atoms with E-state index in [0.29, 0.717) is 29.2 Å². The quantitative estimate of drug-likeness (QED) is 0.781. The van der Waals surface area contributed by atoms with E-state index in [-0.39, 0.29) is 24.5 Å². The van der Waals surface area contributed by atoms with E-state index < -0.39 is 6.10 Å². The van der Waals surface area contributed by atoms with Crippen LogP contribution in [-0.2, 0) is 0 Å². The van der Waals surface area contributed by atoms with Crippen molar-refractivity contribution in [1.29, 1.82) is 0 Å². The second-order valence-electron chi connectivity index (χ2n) is 5.00. The van der Waals surface area contributed by atoms with Gasteiger partial charge in [0.15, 0.2) is 0 Å². The van der Waals surface area contributed by atoms with Crippen LogP contribution in [0.5, 0.6) is 5.75 Å². The number of nitrogens with one attached hydrogen (secondary N) is 1. The third-order valence-electron chi connectivity index (χ3n) is 3.63. The highest BCUT2D eigenvalue weighted by Crippen LogP contribution is 2.27. The molecule has 0 spiro atoms. The number of hydrogen-bond donors (Lipinski definition) is 3. The Hall–Kier alpha value is -1.30. The molecule has 0 aliphatic heterocycles. The summed E-state index contributed by atoms with van der Waals surface area (Å²) in [5.74, 6) is -0.0224. The van der Waals surface area contributed by atoms with Gasteiger partial charge in [-0.25, -0.2) is 0 Å². The molecule has 5 nitrogen and oxygen atoms in total. The van der Waals surface area contributed by atoms with Crippen molar-refractivity contribution < 1.29 is 19.7 Å². The lowest BCUT2D eigenvalue weighted by atomic mass is 10.1. The van der Waals surface area contributed by atoms with Crippen molar-refractivity contribution in [3.63, 3.8) is 0 Å². The Bertz CT molecular complexity index is 494. The number of benzene rings is 1. The van der Waals surface area contributed by atoms with Crippen molar-refractivity contribution in [2.75, 3.05) is 13.7 Å². The molecule has 6 heteroatoms. The van der Waals surface area contributed by atoms with Crippen LogP contribution in [0.1, 0.15) is 23.2 Å². The maximum Gasteiger partial charge on any atom is 0.255 e. The molecule has 1 amide bonds. The van der Waals surface area contributed by atoms with Crippen LogP contribution >= 0.6 is 11.6 Å². The second-order valence-corrected chi connectivity index (χ2v) is 5.43. The molecule has 0 heterocycles. The van der Waals surface area contributed by atoms with Crippen LogP contribution < -0.4 is 10.1 Å². The van der Waals surface area contributed by atoms with E-state index in [1.165, 1.54) is 7.11 Å². The van der Waals surface area contributed by atoms with Gasteiger partial charge in [0.05, 0.1) is 18.8 Å². The minimum atomic E-state index is -0.577. The lowest BCUT2D eigenvalue weighted by Crippen LogP contribution is -2.33. The van der Waals surface area contributed by atoms with E-state index in [1.807, 2.05) is 0 Å². The number of rotatable bonds is 4. The molecule has 1 saturated carbocycles. The van der Waals surface area contributed by atoms with Gasteiger partial charge in [-0.15, -0.1) is 0 Å². The van der Waals surface area contributed by atoms with Gasteiger partial charge < -0.3 is 20.3 Å². The first kappa shape index (κ1) is 15.1. The predicted molar refractivity (Wildman–Crippen MR) is 75.1 cm³/mol. The van der Waals surface area contributed by atoms with Gasteiger partial charge in [0.2, 0.25) is 0 Å². The topological polar surface area (TPSA) is 78.8 Å². The number of ether oxygens (including phenoxy) is 1. The molecular formula is C14H18ClNO4. The molecule has 3 N–H and O–H groups in total. The molecule has 0 bridgehead atoms. The number of methoxy groups -OCH3 is 1. The van der Waals surface area contributed by atoms with Crippen LogP contribution in [0.4, 0.5) is 0 Å². The molecule has 1 fully saturated rings. The fraction of sp³-hybridized carbons (Fsp3) is 0.500. The smallest absolute Gasteiger partial charge is 0.255 e. The number of halogens is 1. The third kappa shape index (κ3) is 3.23. The van der Waals surface area contributed by atoms with Gasteiger partial charge in [0.25, 0.3) is 5.91 Å². The average molecular weight is 300 g/mol. The van der Waals surface area contributed by atoms with Gasteiger partial charge in [-0.2, -0.15) is 0 Å². The molecule has 1 aromatic rings. The summed E-state index contributed by atoms with van der Waals surface area (Å²) in [5.41, 5.74) is 0.363. The zero-order chi connectivity index (χ0) is 14.7. The Morgan fingerprint density at radius 2 is 2.25 bits per heavy atom. The summed E-state index contributed by atoms with van der Waals surface area (Å²) >= 11 is 5.89. The fourth-order valence-electron chi connectivity index (χ4n) is 2.54. The molecule has 0 aromatic heterocycles. The highest BCUT2D eigenvalue weighted by Gasteiger charge is 2.33. The normalized spacial score (nSPS) is 25.5. The van der Waals surface area contributed by atoms with Crippen LogP contribution in [0.3, 0.4) is 0 Å². The molecule has 1 aliphatic rings. The Labute approximate surface area is 122 Å². The summed E-state index contributed by atoms with van der Waals surface area (Å²) in [6.45, 7) is -0.0754. The first-order chi connectivity index (χ1) is 9.55. The van der Waals surface area contributed by atoms with Crippen molar-refractivity contribution >= 4 is 17.5 Å². The van der Waals surface area contributed by atoms with E-state index in [1.54, 1.807) is 18.2 Å². The van der Waals surface area contributed by atoms with Gasteiger partial charge in [0.1, 0.15) is 5.75 Å². The Morgan fingerprint density at radius 1 is 1.50 bits per heavy atom. The molecule has 2 rings (SSSR count). The number of hydrogen-bond acceptors (Lipinski definition) is 4. The van der Waals surface area contributed by atoms with Crippen molar-refractivity contribution in [3.8, 4) is 5.75 Å². The van der Waals surface area contributed by atoms with Crippen LogP contribution in [0, 0.1) is 5.92 Å². The third-order valence-corrected chi connectivity index (χ3v) is 3.87. The van der Waals surface area contributed by atoms with E-state index in [4.69, 9.17) is 21.4 Å². The van der Waals surface area contributed by atoms with Crippen LogP contribution in [-0.4, -0.2) is 42.0 Å². The van der Waals surface area contributed by atoms with Crippen molar-refractivity contribution in [1.82, 2.24) is 5.32 Å². The summed E-state index contributed by atoms with van der Waals surface area (Å²) in [6.07, 6.45) is 0.429. The first-order valence-corrected chi connectivity index (χ1v) is 6.86. The molecule has 1 aromatic carbocycles. The van der Waals surface area contributed by atoms with E-state index >= 15 is 0 Å². The predicted octanol–water partition coefficient (Wildman–Crippen LogP) is 1.21. The Kier molecular flexibility index (Phi) is 4.86.